The van der Waals surface area contributed by atoms with E-state index in [9.17, 15) is 13.2 Å². The van der Waals surface area contributed by atoms with Crippen LogP contribution in [-0.2, 0) is 0 Å². The second-order valence-electron chi connectivity index (χ2n) is 3.97. The molecule has 0 aliphatic heterocycles. The van der Waals surface area contributed by atoms with Gasteiger partial charge in [-0.25, -0.2) is 0 Å². The van der Waals surface area contributed by atoms with Crippen LogP contribution in [-0.4, -0.2) is 22.8 Å². The molecule has 0 saturated carbocycles. The zero-order chi connectivity index (χ0) is 14.8. The third-order valence-corrected chi connectivity index (χ3v) is 3.70. The van der Waals surface area contributed by atoms with Gasteiger partial charge < -0.3 is 11.1 Å². The molecule has 2 aromatic rings. The van der Waals surface area contributed by atoms with Crippen molar-refractivity contribution < 1.29 is 13.2 Å². The number of thioether (sulfide) groups is 1. The normalized spacial score (nSPS) is 11.8. The van der Waals surface area contributed by atoms with Crippen molar-refractivity contribution in [2.75, 3.05) is 23.3 Å². The molecule has 1 aromatic carbocycles. The number of benzene rings is 1. The van der Waals surface area contributed by atoms with Gasteiger partial charge in [-0.05, 0) is 45.9 Å². The van der Waals surface area contributed by atoms with Crippen LogP contribution in [0.1, 0.15) is 0 Å². The van der Waals surface area contributed by atoms with E-state index < -0.39 is 5.51 Å². The Hall–Kier alpha value is -1.15. The van der Waals surface area contributed by atoms with E-state index in [1.165, 1.54) is 0 Å². The Morgan fingerprint density at radius 3 is 2.80 bits per heavy atom. The molecule has 0 fully saturated rings. The van der Waals surface area contributed by atoms with Gasteiger partial charge in [-0.15, -0.1) is 0 Å². The number of nitrogen functional groups attached to an aromatic ring is 1. The van der Waals surface area contributed by atoms with Crippen LogP contribution >= 0.6 is 27.7 Å². The van der Waals surface area contributed by atoms with Crippen molar-refractivity contribution in [2.45, 2.75) is 5.51 Å². The van der Waals surface area contributed by atoms with Crippen LogP contribution in [0.2, 0.25) is 0 Å². The molecule has 8 heteroatoms. The number of aromatic nitrogens is 1. The van der Waals surface area contributed by atoms with Gasteiger partial charge in [0.2, 0.25) is 0 Å². The van der Waals surface area contributed by atoms with Crippen LogP contribution in [0.5, 0.6) is 0 Å². The summed E-state index contributed by atoms with van der Waals surface area (Å²) in [6.45, 7) is 0.195. The standard InChI is InChI=1S/C12H11BrF3N3S/c13-7-5-8-9(17)1-2-10(11(8)19-6-7)18-3-4-20-12(14,15)16/h1-2,5-6,18H,3-4,17H2. The number of fused-ring (bicyclic) bond motifs is 1. The van der Waals surface area contributed by atoms with E-state index in [4.69, 9.17) is 5.73 Å². The first-order chi connectivity index (χ1) is 9.37. The van der Waals surface area contributed by atoms with Crippen molar-refractivity contribution >= 4 is 50.0 Å². The van der Waals surface area contributed by atoms with Gasteiger partial charge in [-0.1, -0.05) is 0 Å². The van der Waals surface area contributed by atoms with Crippen molar-refractivity contribution in [3.8, 4) is 0 Å². The summed E-state index contributed by atoms with van der Waals surface area (Å²) in [6, 6.07) is 5.25. The van der Waals surface area contributed by atoms with Crippen LogP contribution in [0.15, 0.2) is 28.9 Å². The van der Waals surface area contributed by atoms with Gasteiger partial charge in [0.15, 0.2) is 0 Å². The molecule has 3 nitrogen and oxygen atoms in total. The Bertz CT molecular complexity index is 619. The molecule has 0 atom stereocenters. The van der Waals surface area contributed by atoms with Crippen LogP contribution in [0, 0.1) is 0 Å². The van der Waals surface area contributed by atoms with Crippen LogP contribution in [0.3, 0.4) is 0 Å². The van der Waals surface area contributed by atoms with Crippen LogP contribution < -0.4 is 11.1 Å². The molecule has 0 aliphatic carbocycles. The molecule has 1 heterocycles. The van der Waals surface area contributed by atoms with E-state index in [0.29, 0.717) is 16.9 Å². The molecule has 0 amide bonds. The summed E-state index contributed by atoms with van der Waals surface area (Å²) in [7, 11) is 0. The number of rotatable bonds is 4. The lowest BCUT2D eigenvalue weighted by Gasteiger charge is -2.11. The van der Waals surface area contributed by atoms with Gasteiger partial charge in [0.1, 0.15) is 0 Å². The second-order valence-corrected chi connectivity index (χ2v) is 6.05. The predicted molar refractivity (Wildman–Crippen MR) is 80.9 cm³/mol. The Kier molecular flexibility index (Phi) is 4.64. The molecular formula is C12H11BrF3N3S. The van der Waals surface area contributed by atoms with Crippen molar-refractivity contribution in [1.82, 2.24) is 4.98 Å². The molecule has 20 heavy (non-hydrogen) atoms. The zero-order valence-electron chi connectivity index (χ0n) is 10.2. The monoisotopic (exact) mass is 365 g/mol. The van der Waals surface area contributed by atoms with E-state index >= 15 is 0 Å². The second kappa shape index (κ2) is 6.09. The fourth-order valence-corrected chi connectivity index (χ4v) is 2.48. The molecular weight excluding hydrogens is 355 g/mol. The fourth-order valence-electron chi connectivity index (χ4n) is 1.71. The Morgan fingerprint density at radius 2 is 2.10 bits per heavy atom. The molecule has 2 rings (SSSR count). The topological polar surface area (TPSA) is 50.9 Å². The number of pyridine rings is 1. The van der Waals surface area contributed by atoms with E-state index in [1.54, 1.807) is 18.3 Å². The largest absolute Gasteiger partial charge is 0.441 e. The first-order valence-corrected chi connectivity index (χ1v) is 7.43. The maximum absolute atomic E-state index is 12.0. The predicted octanol–water partition coefficient (Wildman–Crippen LogP) is 4.24. The van der Waals surface area contributed by atoms with E-state index in [2.05, 4.69) is 26.2 Å². The summed E-state index contributed by atoms with van der Waals surface area (Å²) in [6.07, 6.45) is 1.62. The average molecular weight is 366 g/mol. The van der Waals surface area contributed by atoms with Gasteiger partial charge in [0.25, 0.3) is 0 Å². The van der Waals surface area contributed by atoms with E-state index in [1.807, 2.05) is 6.07 Å². The Labute approximate surface area is 126 Å². The summed E-state index contributed by atoms with van der Waals surface area (Å²) in [5, 5.41) is 3.71. The molecule has 0 aliphatic rings. The summed E-state index contributed by atoms with van der Waals surface area (Å²) in [5.41, 5.74) is 3.55. The number of nitrogens with zero attached hydrogens (tertiary/aromatic N) is 1. The quantitative estimate of drug-likeness (QED) is 0.628. The number of anilines is 2. The van der Waals surface area contributed by atoms with Gasteiger partial charge in [0, 0.05) is 34.0 Å². The van der Waals surface area contributed by atoms with Crippen molar-refractivity contribution in [2.24, 2.45) is 0 Å². The van der Waals surface area contributed by atoms with Gasteiger partial charge in [-0.2, -0.15) is 13.2 Å². The number of hydrogen-bond acceptors (Lipinski definition) is 4. The lowest BCUT2D eigenvalue weighted by molar-refractivity contribution is -0.0327. The molecule has 108 valence electrons. The first kappa shape index (κ1) is 15.2. The lowest BCUT2D eigenvalue weighted by Crippen LogP contribution is -2.10. The zero-order valence-corrected chi connectivity index (χ0v) is 12.6. The van der Waals surface area contributed by atoms with Gasteiger partial charge in [-0.3, -0.25) is 4.98 Å². The first-order valence-electron chi connectivity index (χ1n) is 5.65. The van der Waals surface area contributed by atoms with Gasteiger partial charge >= 0.3 is 5.51 Å². The van der Waals surface area contributed by atoms with Crippen molar-refractivity contribution in [3.05, 3.63) is 28.9 Å². The molecule has 0 spiro atoms. The Morgan fingerprint density at radius 1 is 1.35 bits per heavy atom. The van der Waals surface area contributed by atoms with E-state index in [-0.39, 0.29) is 24.1 Å². The summed E-state index contributed by atoms with van der Waals surface area (Å²) in [5.74, 6) is -0.0636. The highest BCUT2D eigenvalue weighted by Gasteiger charge is 2.27. The minimum Gasteiger partial charge on any atom is -0.398 e. The highest BCUT2D eigenvalue weighted by atomic mass is 79.9. The number of nitrogens with one attached hydrogen (secondary N) is 1. The average Bonchev–Trinajstić information content (AvgIpc) is 2.36. The highest BCUT2D eigenvalue weighted by Crippen LogP contribution is 2.31. The molecule has 3 N–H and O–H groups in total. The number of alkyl halides is 3. The number of nitrogens with two attached hydrogens (primary N) is 1. The molecule has 1 aromatic heterocycles. The minimum atomic E-state index is -4.20. The number of halogens is 4. The fraction of sp³-hybridized carbons (Fsp3) is 0.250. The maximum atomic E-state index is 12.0. The third kappa shape index (κ3) is 3.92. The Balaban J connectivity index is 2.13. The molecule has 0 saturated heterocycles. The summed E-state index contributed by atoms with van der Waals surface area (Å²) in [4.78, 5) is 4.25. The summed E-state index contributed by atoms with van der Waals surface area (Å²) < 4.78 is 36.9. The van der Waals surface area contributed by atoms with E-state index in [0.717, 1.165) is 9.86 Å². The molecule has 0 unspecified atom stereocenters. The molecule has 0 bridgehead atoms. The third-order valence-electron chi connectivity index (χ3n) is 2.53. The smallest absolute Gasteiger partial charge is 0.398 e. The van der Waals surface area contributed by atoms with Crippen molar-refractivity contribution in [1.29, 1.82) is 0 Å². The maximum Gasteiger partial charge on any atom is 0.441 e. The summed E-state index contributed by atoms with van der Waals surface area (Å²) >= 11 is 3.26. The molecule has 0 radical (unpaired) electrons. The van der Waals surface area contributed by atoms with Gasteiger partial charge in [0.05, 0.1) is 11.2 Å². The highest BCUT2D eigenvalue weighted by molar-refractivity contribution is 9.10. The van der Waals surface area contributed by atoms with Crippen molar-refractivity contribution in [3.63, 3.8) is 0 Å². The SMILES string of the molecule is Nc1ccc(NCCSC(F)(F)F)c2ncc(Br)cc12. The number of hydrogen-bond donors (Lipinski definition) is 2. The van der Waals surface area contributed by atoms with Crippen LogP contribution in [0.4, 0.5) is 24.5 Å². The lowest BCUT2D eigenvalue weighted by atomic mass is 10.1. The van der Waals surface area contributed by atoms with Crippen LogP contribution in [0.25, 0.3) is 10.9 Å². The minimum absolute atomic E-state index is 0.0513.